The van der Waals surface area contributed by atoms with E-state index in [9.17, 15) is 0 Å². The van der Waals surface area contributed by atoms with Gasteiger partial charge in [-0.15, -0.1) is 5.10 Å². The first-order valence-electron chi connectivity index (χ1n) is 4.87. The Hall–Kier alpha value is -1.63. The largest absolute Gasteiger partial charge is 0.368 e. The van der Waals surface area contributed by atoms with Crippen LogP contribution >= 0.6 is 12.2 Å². The molecule has 2 aromatic heterocycles. The van der Waals surface area contributed by atoms with E-state index in [1.54, 1.807) is 4.57 Å². The number of nitrogens with zero attached hydrogens (tertiary/aromatic N) is 3. The van der Waals surface area contributed by atoms with Crippen LogP contribution in [0.25, 0.3) is 0 Å². The molecule has 16 heavy (non-hydrogen) atoms. The minimum Gasteiger partial charge on any atom is -0.368 e. The lowest BCUT2D eigenvalue weighted by Crippen LogP contribution is -2.11. The van der Waals surface area contributed by atoms with Crippen molar-refractivity contribution in [2.75, 3.05) is 5.73 Å². The molecule has 86 valence electrons. The number of aromatic nitrogens is 4. The number of H-pyrrole nitrogens is 1. The Balaban J connectivity index is 2.55. The van der Waals surface area contributed by atoms with Crippen molar-refractivity contribution in [3.63, 3.8) is 0 Å². The molecule has 0 aliphatic heterocycles. The Morgan fingerprint density at radius 2 is 2.19 bits per heavy atom. The van der Waals surface area contributed by atoms with E-state index in [4.69, 9.17) is 22.5 Å². The van der Waals surface area contributed by atoms with Gasteiger partial charge in [0.15, 0.2) is 4.77 Å². The Morgan fingerprint density at radius 3 is 2.62 bits per heavy atom. The molecular formula is C9H13N5OS. The lowest BCUT2D eigenvalue weighted by molar-refractivity contribution is 0.391. The molecule has 0 bridgehead atoms. The van der Waals surface area contributed by atoms with Crippen molar-refractivity contribution >= 4 is 18.2 Å². The van der Waals surface area contributed by atoms with E-state index in [1.807, 2.05) is 20.8 Å². The van der Waals surface area contributed by atoms with Gasteiger partial charge in [0, 0.05) is 5.56 Å². The van der Waals surface area contributed by atoms with Gasteiger partial charge in [-0.25, -0.2) is 5.10 Å². The number of anilines is 1. The van der Waals surface area contributed by atoms with E-state index in [-0.39, 0.29) is 6.04 Å². The van der Waals surface area contributed by atoms with Crippen molar-refractivity contribution in [3.05, 3.63) is 21.8 Å². The second-order valence-corrected chi connectivity index (χ2v) is 4.06. The van der Waals surface area contributed by atoms with Gasteiger partial charge in [0.05, 0.1) is 11.7 Å². The maximum Gasteiger partial charge on any atom is 0.221 e. The number of hydrogen-bond donors (Lipinski definition) is 2. The van der Waals surface area contributed by atoms with Crippen molar-refractivity contribution < 1.29 is 4.52 Å². The molecule has 2 heterocycles. The van der Waals surface area contributed by atoms with Gasteiger partial charge in [0.2, 0.25) is 5.95 Å². The van der Waals surface area contributed by atoms with Crippen molar-refractivity contribution in [3.8, 4) is 0 Å². The second kappa shape index (κ2) is 3.75. The molecule has 0 spiro atoms. The van der Waals surface area contributed by atoms with E-state index in [2.05, 4.69) is 15.4 Å². The van der Waals surface area contributed by atoms with Crippen LogP contribution in [0.15, 0.2) is 4.52 Å². The molecule has 7 heteroatoms. The predicted molar refractivity (Wildman–Crippen MR) is 61.6 cm³/mol. The molecule has 0 aromatic carbocycles. The fraction of sp³-hybridized carbons (Fsp3) is 0.444. The SMILES string of the molecule is Cc1noc(C)c1C(C)n1c(N)n[nH]c1=S. The molecule has 0 saturated heterocycles. The lowest BCUT2D eigenvalue weighted by atomic mass is 10.1. The van der Waals surface area contributed by atoms with Gasteiger partial charge in [-0.05, 0) is 33.0 Å². The first-order valence-corrected chi connectivity index (χ1v) is 5.28. The normalized spacial score (nSPS) is 12.9. The number of nitrogens with one attached hydrogen (secondary N) is 1. The summed E-state index contributed by atoms with van der Waals surface area (Å²) in [6, 6.07) is -0.0440. The summed E-state index contributed by atoms with van der Waals surface area (Å²) in [7, 11) is 0. The van der Waals surface area contributed by atoms with E-state index in [0.717, 1.165) is 17.0 Å². The molecule has 6 nitrogen and oxygen atoms in total. The summed E-state index contributed by atoms with van der Waals surface area (Å²) in [5.41, 5.74) is 7.58. The van der Waals surface area contributed by atoms with E-state index < -0.39 is 0 Å². The number of aryl methyl sites for hydroxylation is 2. The smallest absolute Gasteiger partial charge is 0.221 e. The molecule has 0 aliphatic rings. The van der Waals surface area contributed by atoms with Crippen LogP contribution in [0.3, 0.4) is 0 Å². The van der Waals surface area contributed by atoms with Crippen molar-refractivity contribution in [1.29, 1.82) is 0 Å². The third kappa shape index (κ3) is 1.53. The molecule has 1 atom stereocenters. The van der Waals surface area contributed by atoms with Crippen molar-refractivity contribution in [1.82, 2.24) is 19.9 Å². The Labute approximate surface area is 97.4 Å². The van der Waals surface area contributed by atoms with Gasteiger partial charge in [0.1, 0.15) is 5.76 Å². The van der Waals surface area contributed by atoms with Crippen LogP contribution in [0.1, 0.15) is 30.0 Å². The molecule has 0 aliphatic carbocycles. The van der Waals surface area contributed by atoms with Crippen molar-refractivity contribution in [2.45, 2.75) is 26.8 Å². The van der Waals surface area contributed by atoms with Crippen LogP contribution in [0, 0.1) is 18.6 Å². The molecule has 0 saturated carbocycles. The summed E-state index contributed by atoms with van der Waals surface area (Å²) >= 11 is 5.12. The zero-order valence-corrected chi connectivity index (χ0v) is 10.1. The summed E-state index contributed by atoms with van der Waals surface area (Å²) in [6.45, 7) is 5.74. The molecule has 0 fully saturated rings. The molecule has 0 radical (unpaired) electrons. The van der Waals surface area contributed by atoms with Crippen LogP contribution in [-0.4, -0.2) is 19.9 Å². The lowest BCUT2D eigenvalue weighted by Gasteiger charge is -2.13. The van der Waals surface area contributed by atoms with Gasteiger partial charge < -0.3 is 10.3 Å². The average Bonchev–Trinajstić information content (AvgIpc) is 2.71. The quantitative estimate of drug-likeness (QED) is 0.779. The monoisotopic (exact) mass is 239 g/mol. The molecule has 0 amide bonds. The fourth-order valence-corrected chi connectivity index (χ4v) is 2.20. The van der Waals surface area contributed by atoms with E-state index in [1.165, 1.54) is 0 Å². The van der Waals surface area contributed by atoms with Crippen LogP contribution in [0.2, 0.25) is 0 Å². The van der Waals surface area contributed by atoms with Gasteiger partial charge in [-0.2, -0.15) is 0 Å². The molecular weight excluding hydrogens is 226 g/mol. The maximum absolute atomic E-state index is 5.75. The van der Waals surface area contributed by atoms with Gasteiger partial charge in [-0.1, -0.05) is 5.16 Å². The van der Waals surface area contributed by atoms with Crippen LogP contribution < -0.4 is 5.73 Å². The summed E-state index contributed by atoms with van der Waals surface area (Å²) in [6.07, 6.45) is 0. The highest BCUT2D eigenvalue weighted by Crippen LogP contribution is 2.26. The minimum absolute atomic E-state index is 0.0440. The Morgan fingerprint density at radius 1 is 1.50 bits per heavy atom. The second-order valence-electron chi connectivity index (χ2n) is 3.67. The highest BCUT2D eigenvalue weighted by atomic mass is 32.1. The van der Waals surface area contributed by atoms with Gasteiger partial charge in [0.25, 0.3) is 0 Å². The minimum atomic E-state index is -0.0440. The topological polar surface area (TPSA) is 85.7 Å². The van der Waals surface area contributed by atoms with E-state index in [0.29, 0.717) is 10.7 Å². The highest BCUT2D eigenvalue weighted by Gasteiger charge is 2.20. The summed E-state index contributed by atoms with van der Waals surface area (Å²) in [5.74, 6) is 1.13. The number of rotatable bonds is 2. The Bertz CT molecular complexity index is 547. The standard InChI is InChI=1S/C9H13N5OS/c1-4-7(6(3)15-13-4)5(2)14-8(10)11-12-9(14)16/h5H,1-3H3,(H2,10,11)(H,12,16). The Kier molecular flexibility index (Phi) is 2.55. The predicted octanol–water partition coefficient (Wildman–Crippen LogP) is 1.74. The summed E-state index contributed by atoms with van der Waals surface area (Å²) < 4.78 is 7.35. The number of aromatic amines is 1. The third-order valence-electron chi connectivity index (χ3n) is 2.63. The van der Waals surface area contributed by atoms with Gasteiger partial charge >= 0.3 is 0 Å². The first-order chi connectivity index (χ1) is 7.52. The fourth-order valence-electron chi connectivity index (χ4n) is 1.91. The highest BCUT2D eigenvalue weighted by molar-refractivity contribution is 7.71. The molecule has 2 rings (SSSR count). The number of hydrogen-bond acceptors (Lipinski definition) is 5. The first kappa shape index (κ1) is 10.9. The summed E-state index contributed by atoms with van der Waals surface area (Å²) in [5, 5.41) is 10.5. The zero-order valence-electron chi connectivity index (χ0n) is 9.31. The van der Waals surface area contributed by atoms with Crippen molar-refractivity contribution in [2.24, 2.45) is 0 Å². The number of nitrogens with two attached hydrogens (primary N) is 1. The molecule has 2 aromatic rings. The van der Waals surface area contributed by atoms with Crippen LogP contribution in [0.5, 0.6) is 0 Å². The third-order valence-corrected chi connectivity index (χ3v) is 2.91. The molecule has 3 N–H and O–H groups in total. The van der Waals surface area contributed by atoms with Gasteiger partial charge in [-0.3, -0.25) is 4.57 Å². The van der Waals surface area contributed by atoms with E-state index >= 15 is 0 Å². The average molecular weight is 239 g/mol. The summed E-state index contributed by atoms with van der Waals surface area (Å²) in [4.78, 5) is 0. The maximum atomic E-state index is 5.75. The van der Waals surface area contributed by atoms with Crippen LogP contribution in [-0.2, 0) is 0 Å². The molecule has 1 unspecified atom stereocenters. The van der Waals surface area contributed by atoms with Crippen LogP contribution in [0.4, 0.5) is 5.95 Å². The number of nitrogen functional groups attached to an aromatic ring is 1. The zero-order chi connectivity index (χ0) is 11.9.